The van der Waals surface area contributed by atoms with Crippen LogP contribution in [0.5, 0.6) is 0 Å². The van der Waals surface area contributed by atoms with Crippen molar-refractivity contribution in [2.45, 2.75) is 26.7 Å². The summed E-state index contributed by atoms with van der Waals surface area (Å²) < 4.78 is 1.23. The third kappa shape index (κ3) is 2.23. The molecule has 0 spiro atoms. The Balaban J connectivity index is 2.48. The quantitative estimate of drug-likeness (QED) is 0.798. The van der Waals surface area contributed by atoms with Crippen LogP contribution in [-0.4, -0.2) is 32.7 Å². The van der Waals surface area contributed by atoms with Gasteiger partial charge in [0, 0.05) is 19.9 Å². The first-order valence-corrected chi connectivity index (χ1v) is 5.84. The highest BCUT2D eigenvalue weighted by atomic mass is 16.4. The van der Waals surface area contributed by atoms with Gasteiger partial charge in [0.2, 0.25) is 11.8 Å². The smallest absolute Gasteiger partial charge is 0.341 e. The lowest BCUT2D eigenvalue weighted by Crippen LogP contribution is -2.47. The second-order valence-electron chi connectivity index (χ2n) is 5.45. The van der Waals surface area contributed by atoms with Crippen LogP contribution in [0.2, 0.25) is 0 Å². The monoisotopic (exact) mass is 265 g/mol. The SMILES string of the molecule is Cn1ncc(C(=O)O)c1N1C(=O)CC(C)(C)CC1=O. The Hall–Kier alpha value is -2.18. The molecular formula is C12H15N3O4. The average Bonchev–Trinajstić information content (AvgIpc) is 2.58. The van der Waals surface area contributed by atoms with Crippen molar-refractivity contribution < 1.29 is 19.5 Å². The molecule has 7 heteroatoms. The van der Waals surface area contributed by atoms with E-state index in [1.54, 1.807) is 0 Å². The highest BCUT2D eigenvalue weighted by molar-refractivity contribution is 6.18. The van der Waals surface area contributed by atoms with Crippen LogP contribution in [0.4, 0.5) is 5.82 Å². The molecule has 0 unspecified atom stereocenters. The van der Waals surface area contributed by atoms with Gasteiger partial charge >= 0.3 is 5.97 Å². The molecule has 0 radical (unpaired) electrons. The van der Waals surface area contributed by atoms with E-state index in [4.69, 9.17) is 5.11 Å². The Bertz CT molecular complexity index is 554. The van der Waals surface area contributed by atoms with Crippen LogP contribution < -0.4 is 4.90 Å². The normalized spacial score (nSPS) is 18.8. The molecule has 1 aliphatic rings. The topological polar surface area (TPSA) is 92.5 Å². The highest BCUT2D eigenvalue weighted by Crippen LogP contribution is 2.34. The van der Waals surface area contributed by atoms with E-state index < -0.39 is 23.2 Å². The number of aromatic nitrogens is 2. The van der Waals surface area contributed by atoms with E-state index in [2.05, 4.69) is 5.10 Å². The predicted molar refractivity (Wildman–Crippen MR) is 65.7 cm³/mol. The lowest BCUT2D eigenvalue weighted by Gasteiger charge is -2.34. The number of carboxylic acid groups (broad SMARTS) is 1. The van der Waals surface area contributed by atoms with Gasteiger partial charge in [-0.25, -0.2) is 9.69 Å². The van der Waals surface area contributed by atoms with E-state index >= 15 is 0 Å². The molecule has 1 aliphatic heterocycles. The van der Waals surface area contributed by atoms with E-state index in [9.17, 15) is 14.4 Å². The molecule has 2 heterocycles. The fraction of sp³-hybridized carbons (Fsp3) is 0.500. The van der Waals surface area contributed by atoms with Crippen molar-refractivity contribution >= 4 is 23.6 Å². The van der Waals surface area contributed by atoms with Crippen LogP contribution in [0.3, 0.4) is 0 Å². The Morgan fingerprint density at radius 3 is 2.32 bits per heavy atom. The molecule has 1 N–H and O–H groups in total. The zero-order chi connectivity index (χ0) is 14.4. The van der Waals surface area contributed by atoms with Gasteiger partial charge in [0.1, 0.15) is 5.56 Å². The third-order valence-corrected chi connectivity index (χ3v) is 3.11. The summed E-state index contributed by atoms with van der Waals surface area (Å²) in [7, 11) is 1.50. The van der Waals surface area contributed by atoms with Gasteiger partial charge in [-0.3, -0.25) is 14.3 Å². The van der Waals surface area contributed by atoms with Gasteiger partial charge in [0.25, 0.3) is 0 Å². The highest BCUT2D eigenvalue weighted by Gasteiger charge is 2.40. The van der Waals surface area contributed by atoms with Gasteiger partial charge in [-0.1, -0.05) is 13.8 Å². The van der Waals surface area contributed by atoms with Crippen LogP contribution in [-0.2, 0) is 16.6 Å². The van der Waals surface area contributed by atoms with Crippen LogP contribution in [0.25, 0.3) is 0 Å². The molecule has 0 aliphatic carbocycles. The number of aryl methyl sites for hydroxylation is 1. The van der Waals surface area contributed by atoms with Gasteiger partial charge < -0.3 is 5.11 Å². The zero-order valence-electron chi connectivity index (χ0n) is 11.0. The lowest BCUT2D eigenvalue weighted by atomic mass is 9.81. The zero-order valence-corrected chi connectivity index (χ0v) is 11.0. The summed E-state index contributed by atoms with van der Waals surface area (Å²) in [6, 6.07) is 0. The summed E-state index contributed by atoms with van der Waals surface area (Å²) >= 11 is 0. The summed E-state index contributed by atoms with van der Waals surface area (Å²) in [5.41, 5.74) is -0.545. The Labute approximate surface area is 109 Å². The number of imide groups is 1. The minimum Gasteiger partial charge on any atom is -0.477 e. The molecule has 1 aromatic rings. The number of rotatable bonds is 2. The summed E-state index contributed by atoms with van der Waals surface area (Å²) in [5.74, 6) is -1.98. The van der Waals surface area contributed by atoms with Crippen molar-refractivity contribution in [1.82, 2.24) is 9.78 Å². The molecule has 7 nitrogen and oxygen atoms in total. The molecule has 0 atom stereocenters. The van der Waals surface area contributed by atoms with Crippen molar-refractivity contribution in [3.8, 4) is 0 Å². The van der Waals surface area contributed by atoms with Crippen molar-refractivity contribution in [2.75, 3.05) is 4.90 Å². The standard InChI is InChI=1S/C12H15N3O4/c1-12(2)4-8(16)15(9(17)5-12)10-7(11(18)19)6-13-14(10)3/h6H,4-5H2,1-3H3,(H,18,19). The third-order valence-electron chi connectivity index (χ3n) is 3.11. The van der Waals surface area contributed by atoms with Crippen LogP contribution >= 0.6 is 0 Å². The first-order chi connectivity index (χ1) is 8.73. The second kappa shape index (κ2) is 4.18. The Morgan fingerprint density at radius 2 is 1.84 bits per heavy atom. The van der Waals surface area contributed by atoms with Crippen molar-refractivity contribution in [3.05, 3.63) is 11.8 Å². The van der Waals surface area contributed by atoms with E-state index in [0.717, 1.165) is 11.1 Å². The van der Waals surface area contributed by atoms with E-state index in [1.165, 1.54) is 11.7 Å². The maximum Gasteiger partial charge on any atom is 0.341 e. The molecule has 0 bridgehead atoms. The molecule has 1 saturated heterocycles. The number of hydrogen-bond acceptors (Lipinski definition) is 4. The fourth-order valence-corrected chi connectivity index (χ4v) is 2.26. The van der Waals surface area contributed by atoms with Crippen LogP contribution in [0.15, 0.2) is 6.20 Å². The minimum atomic E-state index is -1.21. The first-order valence-electron chi connectivity index (χ1n) is 5.84. The number of carbonyl (C=O) groups excluding carboxylic acids is 2. The number of carbonyl (C=O) groups is 3. The molecule has 0 aromatic carbocycles. The second-order valence-corrected chi connectivity index (χ2v) is 5.45. The minimum absolute atomic E-state index is 0.0259. The van der Waals surface area contributed by atoms with E-state index in [0.29, 0.717) is 0 Å². The van der Waals surface area contributed by atoms with Crippen LogP contribution in [0, 0.1) is 5.41 Å². The van der Waals surface area contributed by atoms with E-state index in [1.807, 2.05) is 13.8 Å². The molecule has 2 rings (SSSR count). The number of amides is 2. The Morgan fingerprint density at radius 1 is 1.32 bits per heavy atom. The number of piperidine rings is 1. The number of aromatic carboxylic acids is 1. The van der Waals surface area contributed by atoms with Gasteiger partial charge in [-0.05, 0) is 5.41 Å². The van der Waals surface area contributed by atoms with E-state index in [-0.39, 0.29) is 24.2 Å². The predicted octanol–water partition coefficient (Wildman–Crippen LogP) is 0.798. The van der Waals surface area contributed by atoms with Gasteiger partial charge in [-0.2, -0.15) is 5.10 Å². The van der Waals surface area contributed by atoms with Crippen LogP contribution in [0.1, 0.15) is 37.0 Å². The summed E-state index contributed by atoms with van der Waals surface area (Å²) in [6.45, 7) is 3.67. The van der Waals surface area contributed by atoms with Crippen molar-refractivity contribution in [2.24, 2.45) is 12.5 Å². The van der Waals surface area contributed by atoms with Gasteiger partial charge in [0.15, 0.2) is 5.82 Å². The molecular weight excluding hydrogens is 250 g/mol. The molecule has 2 amide bonds. The number of carboxylic acids is 1. The number of anilines is 1. The fourth-order valence-electron chi connectivity index (χ4n) is 2.26. The molecule has 1 fully saturated rings. The Kier molecular flexibility index (Phi) is 2.92. The number of hydrogen-bond donors (Lipinski definition) is 1. The summed E-state index contributed by atoms with van der Waals surface area (Å²) in [5, 5.41) is 12.9. The number of nitrogens with zero attached hydrogens (tertiary/aromatic N) is 3. The van der Waals surface area contributed by atoms with Crippen molar-refractivity contribution in [1.29, 1.82) is 0 Å². The summed E-state index contributed by atoms with van der Waals surface area (Å²) in [4.78, 5) is 36.3. The summed E-state index contributed by atoms with van der Waals surface area (Å²) in [6.07, 6.45) is 1.53. The molecule has 1 aromatic heterocycles. The maximum atomic E-state index is 12.1. The van der Waals surface area contributed by atoms with Crippen molar-refractivity contribution in [3.63, 3.8) is 0 Å². The lowest BCUT2D eigenvalue weighted by molar-refractivity contribution is -0.132. The van der Waals surface area contributed by atoms with Gasteiger partial charge in [0.05, 0.1) is 6.20 Å². The molecule has 102 valence electrons. The molecule has 19 heavy (non-hydrogen) atoms. The molecule has 0 saturated carbocycles. The first kappa shape index (κ1) is 13.3. The maximum absolute atomic E-state index is 12.1. The average molecular weight is 265 g/mol. The largest absolute Gasteiger partial charge is 0.477 e. The van der Waals surface area contributed by atoms with Gasteiger partial charge in [-0.15, -0.1) is 0 Å².